The minimum Gasteiger partial charge on any atom is -0.431 e. The summed E-state index contributed by atoms with van der Waals surface area (Å²) in [5.41, 5.74) is 6.40. The summed E-state index contributed by atoms with van der Waals surface area (Å²) < 4.78 is 32.5. The van der Waals surface area contributed by atoms with Crippen molar-refractivity contribution in [3.8, 4) is 0 Å². The topological polar surface area (TPSA) is 123 Å². The number of hydrogen-bond acceptors (Lipinski definition) is 7. The summed E-state index contributed by atoms with van der Waals surface area (Å²) in [5.74, 6) is -0.302. The summed E-state index contributed by atoms with van der Waals surface area (Å²) in [4.78, 5) is 20.8. The second kappa shape index (κ2) is 6.93. The molecule has 10 heteroatoms. The Morgan fingerprint density at radius 1 is 1.19 bits per heavy atom. The van der Waals surface area contributed by atoms with Gasteiger partial charge in [-0.05, 0) is 36.5 Å². The molecule has 9 nitrogen and oxygen atoms in total. The Labute approximate surface area is 157 Å². The maximum Gasteiger partial charge on any atom is 0.298 e. The van der Waals surface area contributed by atoms with Gasteiger partial charge in [-0.25, -0.2) is 12.7 Å². The van der Waals surface area contributed by atoms with Crippen LogP contribution in [0.15, 0.2) is 35.2 Å². The van der Waals surface area contributed by atoms with E-state index in [1.54, 1.807) is 21.6 Å². The van der Waals surface area contributed by atoms with Crippen LogP contribution in [0.3, 0.4) is 0 Å². The summed E-state index contributed by atoms with van der Waals surface area (Å²) in [6, 6.07) is 4.22. The molecule has 0 spiro atoms. The lowest BCUT2D eigenvalue weighted by Gasteiger charge is -2.41. The molecule has 2 fully saturated rings. The van der Waals surface area contributed by atoms with Gasteiger partial charge in [-0.2, -0.15) is 4.98 Å². The van der Waals surface area contributed by atoms with Gasteiger partial charge in [0.1, 0.15) is 11.5 Å². The molecule has 2 N–H and O–H groups in total. The highest BCUT2D eigenvalue weighted by atomic mass is 32.2. The van der Waals surface area contributed by atoms with Crippen molar-refractivity contribution in [3.63, 3.8) is 0 Å². The highest BCUT2D eigenvalue weighted by molar-refractivity contribution is 7.89. The molecular formula is C17H21N5O4S. The number of carbonyl (C=O) groups is 1. The van der Waals surface area contributed by atoms with Gasteiger partial charge in [0, 0.05) is 38.6 Å². The third-order valence-corrected chi connectivity index (χ3v) is 7.50. The molecule has 2 aliphatic heterocycles. The van der Waals surface area contributed by atoms with Crippen molar-refractivity contribution in [1.29, 1.82) is 0 Å². The molecule has 1 amide bonds. The van der Waals surface area contributed by atoms with Gasteiger partial charge < -0.3 is 15.1 Å². The van der Waals surface area contributed by atoms with Crippen LogP contribution in [-0.2, 0) is 10.0 Å². The van der Waals surface area contributed by atoms with Crippen LogP contribution in [0.2, 0.25) is 0 Å². The van der Waals surface area contributed by atoms with Crippen molar-refractivity contribution in [2.75, 3.05) is 31.1 Å². The number of hydrogen-bond donors (Lipinski definition) is 1. The van der Waals surface area contributed by atoms with Crippen molar-refractivity contribution in [2.24, 2.45) is 5.73 Å². The molecule has 0 saturated carbocycles. The first kappa shape index (κ1) is 17.9. The van der Waals surface area contributed by atoms with Gasteiger partial charge in [0.15, 0.2) is 5.69 Å². The zero-order valence-corrected chi connectivity index (χ0v) is 15.5. The van der Waals surface area contributed by atoms with E-state index < -0.39 is 21.2 Å². The zero-order chi connectivity index (χ0) is 19.0. The van der Waals surface area contributed by atoms with E-state index in [0.717, 1.165) is 12.8 Å². The van der Waals surface area contributed by atoms with Crippen molar-refractivity contribution in [2.45, 2.75) is 24.0 Å². The molecular weight excluding hydrogens is 370 g/mol. The van der Waals surface area contributed by atoms with E-state index >= 15 is 0 Å². The average Bonchev–Trinajstić information content (AvgIpc) is 3.11. The van der Waals surface area contributed by atoms with Crippen LogP contribution in [0.1, 0.15) is 34.8 Å². The van der Waals surface area contributed by atoms with Crippen LogP contribution in [0.25, 0.3) is 0 Å². The third-order valence-electron chi connectivity index (χ3n) is 5.28. The van der Waals surface area contributed by atoms with Crippen molar-refractivity contribution < 1.29 is 17.6 Å². The van der Waals surface area contributed by atoms with Crippen LogP contribution in [-0.4, -0.2) is 60.0 Å². The van der Waals surface area contributed by atoms with Crippen molar-refractivity contribution in [3.05, 3.63) is 42.0 Å². The first-order chi connectivity index (χ1) is 12.9. The van der Waals surface area contributed by atoms with Gasteiger partial charge in [0.05, 0.1) is 0 Å². The Morgan fingerprint density at radius 3 is 2.44 bits per heavy atom. The van der Waals surface area contributed by atoms with Crippen LogP contribution in [0, 0.1) is 0 Å². The molecule has 0 aromatic carbocycles. The molecule has 0 radical (unpaired) electrons. The lowest BCUT2D eigenvalue weighted by atomic mass is 9.91. The van der Waals surface area contributed by atoms with Crippen molar-refractivity contribution in [1.82, 2.24) is 14.3 Å². The van der Waals surface area contributed by atoms with E-state index in [0.29, 0.717) is 32.1 Å². The normalized spacial score (nSPS) is 19.8. The van der Waals surface area contributed by atoms with Crippen LogP contribution in [0.4, 0.5) is 6.01 Å². The molecule has 0 atom stereocenters. The standard InChI is InChI=1S/C17H21N5O4S/c18-16(23)15-11-26-17(20-15)21-9-14(10-21)27(24,25)22-7-3-13(4-8-22)12-1-5-19-6-2-12/h1-2,5-6,11,13-14H,3-4,7-10H2,(H2,18,23). The maximum atomic E-state index is 12.9. The highest BCUT2D eigenvalue weighted by Crippen LogP contribution is 2.32. The summed E-state index contributed by atoms with van der Waals surface area (Å²) >= 11 is 0. The Bertz CT molecular complexity index is 916. The Kier molecular flexibility index (Phi) is 4.60. The molecule has 2 saturated heterocycles. The fraction of sp³-hybridized carbons (Fsp3) is 0.471. The van der Waals surface area contributed by atoms with Gasteiger partial charge in [0.2, 0.25) is 10.0 Å². The van der Waals surface area contributed by atoms with E-state index in [4.69, 9.17) is 10.2 Å². The summed E-state index contributed by atoms with van der Waals surface area (Å²) in [5, 5.41) is -0.487. The number of nitrogens with two attached hydrogens (primary N) is 1. The molecule has 0 unspecified atom stereocenters. The highest BCUT2D eigenvalue weighted by Gasteiger charge is 2.43. The fourth-order valence-electron chi connectivity index (χ4n) is 3.60. The molecule has 2 aromatic rings. The number of anilines is 1. The number of piperidine rings is 1. The number of pyridine rings is 1. The maximum absolute atomic E-state index is 12.9. The average molecular weight is 391 g/mol. The summed E-state index contributed by atoms with van der Waals surface area (Å²) in [6.45, 7) is 1.64. The lowest BCUT2D eigenvalue weighted by molar-refractivity contribution is 0.0995. The van der Waals surface area contributed by atoms with Gasteiger partial charge in [0.25, 0.3) is 11.9 Å². The largest absolute Gasteiger partial charge is 0.431 e. The Hall–Kier alpha value is -2.46. The van der Waals surface area contributed by atoms with E-state index in [-0.39, 0.29) is 11.7 Å². The molecule has 27 heavy (non-hydrogen) atoms. The minimum absolute atomic E-state index is 0.0366. The second-order valence-corrected chi connectivity index (χ2v) is 9.12. The molecule has 4 rings (SSSR count). The molecule has 2 aromatic heterocycles. The van der Waals surface area contributed by atoms with Crippen molar-refractivity contribution >= 4 is 21.9 Å². The van der Waals surface area contributed by atoms with E-state index in [1.165, 1.54) is 11.8 Å². The lowest BCUT2D eigenvalue weighted by Crippen LogP contribution is -2.59. The molecule has 2 aliphatic rings. The number of rotatable bonds is 5. The van der Waals surface area contributed by atoms with E-state index in [9.17, 15) is 13.2 Å². The number of sulfonamides is 1. The summed E-state index contributed by atoms with van der Waals surface area (Å²) in [7, 11) is -3.36. The second-order valence-electron chi connectivity index (χ2n) is 6.91. The van der Waals surface area contributed by atoms with E-state index in [2.05, 4.69) is 9.97 Å². The summed E-state index contributed by atoms with van der Waals surface area (Å²) in [6.07, 6.45) is 6.34. The van der Waals surface area contributed by atoms with Gasteiger partial charge >= 0.3 is 0 Å². The number of nitrogens with zero attached hydrogens (tertiary/aromatic N) is 4. The quantitative estimate of drug-likeness (QED) is 0.790. The molecule has 0 aliphatic carbocycles. The fourth-order valence-corrected chi connectivity index (χ4v) is 5.47. The zero-order valence-electron chi connectivity index (χ0n) is 14.7. The first-order valence-electron chi connectivity index (χ1n) is 8.84. The predicted molar refractivity (Wildman–Crippen MR) is 97.7 cm³/mol. The molecule has 0 bridgehead atoms. The number of carbonyl (C=O) groups excluding carboxylic acids is 1. The Balaban J connectivity index is 1.34. The van der Waals surface area contributed by atoms with Gasteiger partial charge in [-0.1, -0.05) is 0 Å². The van der Waals surface area contributed by atoms with Crippen LogP contribution >= 0.6 is 0 Å². The third kappa shape index (κ3) is 3.42. The predicted octanol–water partition coefficient (Wildman–Crippen LogP) is 0.566. The number of aromatic nitrogens is 2. The minimum atomic E-state index is -3.36. The monoisotopic (exact) mass is 391 g/mol. The van der Waals surface area contributed by atoms with Crippen LogP contribution in [0.5, 0.6) is 0 Å². The van der Waals surface area contributed by atoms with Gasteiger partial charge in [-0.15, -0.1) is 0 Å². The number of oxazole rings is 1. The molecule has 4 heterocycles. The number of primary amides is 1. The first-order valence-corrected chi connectivity index (χ1v) is 10.3. The number of amides is 1. The smallest absolute Gasteiger partial charge is 0.298 e. The van der Waals surface area contributed by atoms with Crippen LogP contribution < -0.4 is 10.6 Å². The Morgan fingerprint density at radius 2 is 1.85 bits per heavy atom. The molecule has 144 valence electrons. The SMILES string of the molecule is NC(=O)c1coc(N2CC(S(=O)(=O)N3CCC(c4ccncc4)CC3)C2)n1. The van der Waals surface area contributed by atoms with E-state index in [1.807, 2.05) is 12.1 Å². The van der Waals surface area contributed by atoms with Gasteiger partial charge in [-0.3, -0.25) is 9.78 Å².